The molecule has 0 atom stereocenters. The van der Waals surface area contributed by atoms with E-state index in [0.717, 1.165) is 5.52 Å². The number of hydrazone groups is 1. The maximum absolute atomic E-state index is 13.0. The lowest BCUT2D eigenvalue weighted by molar-refractivity contribution is -0.118. The number of hydrogen-bond acceptors (Lipinski definition) is 5. The van der Waals surface area contributed by atoms with Gasteiger partial charge in [-0.2, -0.15) is 5.10 Å². The van der Waals surface area contributed by atoms with E-state index in [1.165, 1.54) is 30.1 Å². The van der Waals surface area contributed by atoms with E-state index >= 15 is 0 Å². The highest BCUT2D eigenvalue weighted by Gasteiger charge is 2.08. The molecule has 0 aliphatic heterocycles. The van der Waals surface area contributed by atoms with Gasteiger partial charge in [0, 0.05) is 0 Å². The second kappa shape index (κ2) is 7.06. The number of carbonyl (C=O) groups is 1. The smallest absolute Gasteiger partial charge is 0.257 e. The van der Waals surface area contributed by atoms with Crippen LogP contribution in [-0.2, 0) is 4.79 Å². The molecule has 0 fully saturated rings. The van der Waals surface area contributed by atoms with Crippen LogP contribution in [0.2, 0.25) is 0 Å². The van der Waals surface area contributed by atoms with E-state index in [1.54, 1.807) is 12.1 Å². The van der Waals surface area contributed by atoms with E-state index < -0.39 is 0 Å². The summed E-state index contributed by atoms with van der Waals surface area (Å²) in [5.41, 5.74) is 4.37. The van der Waals surface area contributed by atoms with Crippen molar-refractivity contribution < 1.29 is 13.6 Å². The van der Waals surface area contributed by atoms with Gasteiger partial charge in [0.2, 0.25) is 0 Å². The number of nitrogens with one attached hydrogen (secondary N) is 1. The molecule has 1 heterocycles. The van der Waals surface area contributed by atoms with Crippen molar-refractivity contribution in [1.29, 1.82) is 0 Å². The molecule has 3 rings (SSSR count). The lowest BCUT2D eigenvalue weighted by atomic mass is 10.2. The van der Waals surface area contributed by atoms with Crippen molar-refractivity contribution in [2.24, 2.45) is 5.10 Å². The lowest BCUT2D eigenvalue weighted by Gasteiger charge is -1.97. The summed E-state index contributed by atoms with van der Waals surface area (Å²) in [6.45, 7) is 0. The third-order valence-electron chi connectivity index (χ3n) is 2.85. The van der Waals surface area contributed by atoms with Crippen molar-refractivity contribution in [2.45, 2.75) is 5.22 Å². The van der Waals surface area contributed by atoms with Crippen molar-refractivity contribution in [1.82, 2.24) is 10.4 Å². The zero-order valence-electron chi connectivity index (χ0n) is 11.9. The Hall–Kier alpha value is -2.67. The van der Waals surface area contributed by atoms with Crippen molar-refractivity contribution in [3.05, 3.63) is 59.9 Å². The Morgan fingerprint density at radius 3 is 3.00 bits per heavy atom. The highest BCUT2D eigenvalue weighted by Crippen LogP contribution is 2.22. The first-order valence-corrected chi connectivity index (χ1v) is 7.75. The molecule has 0 aliphatic rings. The van der Waals surface area contributed by atoms with Gasteiger partial charge in [-0.05, 0) is 29.8 Å². The molecule has 5 nitrogen and oxygen atoms in total. The van der Waals surface area contributed by atoms with Crippen LogP contribution in [-0.4, -0.2) is 22.9 Å². The second-order valence-corrected chi connectivity index (χ2v) is 5.51. The molecule has 0 spiro atoms. The van der Waals surface area contributed by atoms with Gasteiger partial charge in [-0.25, -0.2) is 14.8 Å². The Balaban J connectivity index is 1.51. The fourth-order valence-corrected chi connectivity index (χ4v) is 2.47. The van der Waals surface area contributed by atoms with Crippen molar-refractivity contribution in [3.63, 3.8) is 0 Å². The molecule has 0 radical (unpaired) electrons. The Bertz CT molecular complexity index is 830. The Labute approximate surface area is 135 Å². The summed E-state index contributed by atoms with van der Waals surface area (Å²) in [5, 5.41) is 4.21. The second-order valence-electron chi connectivity index (χ2n) is 4.58. The van der Waals surface area contributed by atoms with Crippen molar-refractivity contribution in [3.8, 4) is 0 Å². The van der Waals surface area contributed by atoms with Gasteiger partial charge < -0.3 is 4.42 Å². The van der Waals surface area contributed by atoms with Crippen LogP contribution in [0.25, 0.3) is 11.1 Å². The van der Waals surface area contributed by atoms with Gasteiger partial charge in [0.1, 0.15) is 11.3 Å². The van der Waals surface area contributed by atoms with Crippen LogP contribution >= 0.6 is 11.8 Å². The first-order chi connectivity index (χ1) is 11.2. The summed E-state index contributed by atoms with van der Waals surface area (Å²) in [7, 11) is 0. The summed E-state index contributed by atoms with van der Waals surface area (Å²) in [6.07, 6.45) is 1.38. The number of aromatic nitrogens is 1. The largest absolute Gasteiger partial charge is 0.431 e. The molecule has 23 heavy (non-hydrogen) atoms. The zero-order chi connectivity index (χ0) is 16.1. The molecular weight excluding hydrogens is 317 g/mol. The molecule has 0 saturated carbocycles. The highest BCUT2D eigenvalue weighted by molar-refractivity contribution is 7.99. The lowest BCUT2D eigenvalue weighted by Crippen LogP contribution is -2.19. The maximum atomic E-state index is 13.0. The van der Waals surface area contributed by atoms with Crippen LogP contribution < -0.4 is 5.43 Å². The van der Waals surface area contributed by atoms with E-state index in [0.29, 0.717) is 16.4 Å². The standard InChI is InChI=1S/C16H12FN3O2S/c17-12-5-3-4-11(8-12)9-18-20-15(21)10-23-16-19-13-6-1-2-7-14(13)22-16/h1-9H,10H2,(H,20,21)/b18-9+. The molecule has 0 bridgehead atoms. The number of para-hydroxylation sites is 2. The monoisotopic (exact) mass is 329 g/mol. The number of rotatable bonds is 5. The minimum Gasteiger partial charge on any atom is -0.431 e. The fraction of sp³-hybridized carbons (Fsp3) is 0.0625. The summed E-state index contributed by atoms with van der Waals surface area (Å²) in [4.78, 5) is 16.0. The molecule has 0 saturated heterocycles. The van der Waals surface area contributed by atoms with Gasteiger partial charge in [0.05, 0.1) is 12.0 Å². The van der Waals surface area contributed by atoms with Gasteiger partial charge in [-0.1, -0.05) is 36.0 Å². The van der Waals surface area contributed by atoms with E-state index in [9.17, 15) is 9.18 Å². The summed E-state index contributed by atoms with van der Waals surface area (Å²) < 4.78 is 18.5. The van der Waals surface area contributed by atoms with Crippen molar-refractivity contribution >= 4 is 35.0 Å². The number of thioether (sulfide) groups is 1. The van der Waals surface area contributed by atoms with E-state index in [2.05, 4.69) is 15.5 Å². The predicted molar refractivity (Wildman–Crippen MR) is 86.9 cm³/mol. The van der Waals surface area contributed by atoms with E-state index in [4.69, 9.17) is 4.42 Å². The quantitative estimate of drug-likeness (QED) is 0.443. The molecule has 2 aromatic carbocycles. The van der Waals surface area contributed by atoms with Crippen LogP contribution in [0, 0.1) is 5.82 Å². The average Bonchev–Trinajstić information content (AvgIpc) is 2.96. The Morgan fingerprint density at radius 1 is 1.30 bits per heavy atom. The van der Waals surface area contributed by atoms with Crippen LogP contribution in [0.15, 0.2) is 63.3 Å². The summed E-state index contributed by atoms with van der Waals surface area (Å²) in [5.74, 6) is -0.537. The maximum Gasteiger partial charge on any atom is 0.257 e. The number of oxazole rings is 1. The van der Waals surface area contributed by atoms with Gasteiger partial charge in [-0.3, -0.25) is 4.79 Å². The van der Waals surface area contributed by atoms with Crippen LogP contribution in [0.3, 0.4) is 0 Å². The van der Waals surface area contributed by atoms with Crippen LogP contribution in [0.5, 0.6) is 0 Å². The summed E-state index contributed by atoms with van der Waals surface area (Å²) >= 11 is 1.18. The number of amides is 1. The molecular formula is C16H12FN3O2S. The number of fused-ring (bicyclic) bond motifs is 1. The number of benzene rings is 2. The topological polar surface area (TPSA) is 67.5 Å². The van der Waals surface area contributed by atoms with Crippen LogP contribution in [0.4, 0.5) is 4.39 Å². The zero-order valence-corrected chi connectivity index (χ0v) is 12.7. The van der Waals surface area contributed by atoms with Gasteiger partial charge in [0.25, 0.3) is 11.1 Å². The molecule has 0 aliphatic carbocycles. The van der Waals surface area contributed by atoms with Crippen molar-refractivity contribution in [2.75, 3.05) is 5.75 Å². The molecule has 7 heteroatoms. The first kappa shape index (κ1) is 15.2. The molecule has 1 aromatic heterocycles. The number of nitrogens with zero attached hydrogens (tertiary/aromatic N) is 2. The number of halogens is 1. The molecule has 3 aromatic rings. The highest BCUT2D eigenvalue weighted by atomic mass is 32.2. The Morgan fingerprint density at radius 2 is 2.17 bits per heavy atom. The van der Waals surface area contributed by atoms with Gasteiger partial charge in [0.15, 0.2) is 5.58 Å². The predicted octanol–water partition coefficient (Wildman–Crippen LogP) is 3.21. The number of carbonyl (C=O) groups excluding carboxylic acids is 1. The molecule has 1 N–H and O–H groups in total. The average molecular weight is 329 g/mol. The Kier molecular flexibility index (Phi) is 4.68. The molecule has 0 unspecified atom stereocenters. The SMILES string of the molecule is O=C(CSc1nc2ccccc2o1)N/N=C/c1cccc(F)c1. The van der Waals surface area contributed by atoms with Crippen LogP contribution in [0.1, 0.15) is 5.56 Å². The summed E-state index contributed by atoms with van der Waals surface area (Å²) in [6, 6.07) is 13.3. The third kappa shape index (κ3) is 4.17. The normalized spacial score (nSPS) is 11.2. The van der Waals surface area contributed by atoms with Gasteiger partial charge >= 0.3 is 0 Å². The van der Waals surface area contributed by atoms with E-state index in [1.807, 2.05) is 24.3 Å². The fourth-order valence-electron chi connectivity index (χ4n) is 1.84. The van der Waals surface area contributed by atoms with E-state index in [-0.39, 0.29) is 17.5 Å². The molecule has 116 valence electrons. The number of hydrogen-bond donors (Lipinski definition) is 1. The third-order valence-corrected chi connectivity index (χ3v) is 3.68. The molecule has 1 amide bonds. The first-order valence-electron chi connectivity index (χ1n) is 6.76. The van der Waals surface area contributed by atoms with Gasteiger partial charge in [-0.15, -0.1) is 0 Å². The minimum absolute atomic E-state index is 0.118. The minimum atomic E-state index is -0.355.